The molecule has 142 valence electrons. The molecule has 0 aliphatic rings. The van der Waals surface area contributed by atoms with E-state index in [0.717, 1.165) is 5.56 Å². The summed E-state index contributed by atoms with van der Waals surface area (Å²) in [6, 6.07) is 20.4. The van der Waals surface area contributed by atoms with Crippen LogP contribution >= 0.6 is 0 Å². The van der Waals surface area contributed by atoms with Gasteiger partial charge in [-0.2, -0.15) is 8.42 Å². The highest BCUT2D eigenvalue weighted by Gasteiger charge is 2.12. The van der Waals surface area contributed by atoms with Crippen LogP contribution in [-0.2, 0) is 10.1 Å². The number of aromatic hydroxyl groups is 1. The van der Waals surface area contributed by atoms with Crippen molar-refractivity contribution in [3.8, 4) is 5.75 Å². The first-order valence-electron chi connectivity index (χ1n) is 8.33. The van der Waals surface area contributed by atoms with Gasteiger partial charge in [0.15, 0.2) is 0 Å². The van der Waals surface area contributed by atoms with Gasteiger partial charge >= 0.3 is 0 Å². The summed E-state index contributed by atoms with van der Waals surface area (Å²) in [6.07, 6.45) is 0. The average molecular weight is 395 g/mol. The SMILES string of the molecule is Cc1ccc(S(=O)(=O)O)cc1.O=Nc1c2ccccc2c(O)c2ccccc12. The van der Waals surface area contributed by atoms with E-state index in [2.05, 4.69) is 5.18 Å². The maximum absolute atomic E-state index is 11.0. The van der Waals surface area contributed by atoms with Gasteiger partial charge in [0.2, 0.25) is 0 Å². The number of fused-ring (bicyclic) bond motifs is 2. The van der Waals surface area contributed by atoms with Crippen molar-refractivity contribution in [2.75, 3.05) is 0 Å². The van der Waals surface area contributed by atoms with Crippen LogP contribution in [0.5, 0.6) is 5.75 Å². The molecule has 4 rings (SSSR count). The van der Waals surface area contributed by atoms with Gasteiger partial charge in [0.25, 0.3) is 10.1 Å². The molecule has 2 N–H and O–H groups in total. The zero-order valence-electron chi connectivity index (χ0n) is 14.9. The molecule has 28 heavy (non-hydrogen) atoms. The van der Waals surface area contributed by atoms with Gasteiger partial charge < -0.3 is 5.11 Å². The van der Waals surface area contributed by atoms with Crippen LogP contribution in [0.15, 0.2) is 82.9 Å². The normalized spacial score (nSPS) is 11.1. The van der Waals surface area contributed by atoms with Crippen LogP contribution in [0.25, 0.3) is 21.5 Å². The molecule has 0 aromatic heterocycles. The molecule has 4 aromatic rings. The van der Waals surface area contributed by atoms with Gasteiger partial charge in [0, 0.05) is 21.5 Å². The van der Waals surface area contributed by atoms with Crippen LogP contribution in [0, 0.1) is 11.8 Å². The Kier molecular flexibility index (Phi) is 5.39. The molecule has 0 saturated heterocycles. The Labute approximate surface area is 161 Å². The Bertz CT molecular complexity index is 1210. The summed E-state index contributed by atoms with van der Waals surface area (Å²) in [5, 5.41) is 16.0. The minimum absolute atomic E-state index is 0.0666. The van der Waals surface area contributed by atoms with E-state index in [9.17, 15) is 18.4 Å². The lowest BCUT2D eigenvalue weighted by molar-refractivity contribution is 0.483. The molecule has 0 atom stereocenters. The van der Waals surface area contributed by atoms with Crippen molar-refractivity contribution < 1.29 is 18.1 Å². The number of phenolic OH excluding ortho intramolecular Hbond substituents is 1. The number of nitrogens with zero attached hydrogens (tertiary/aromatic N) is 1. The zero-order valence-corrected chi connectivity index (χ0v) is 15.7. The number of rotatable bonds is 2. The largest absolute Gasteiger partial charge is 0.507 e. The number of hydrogen-bond donors (Lipinski definition) is 2. The van der Waals surface area contributed by atoms with E-state index < -0.39 is 10.1 Å². The molecule has 6 nitrogen and oxygen atoms in total. The standard InChI is InChI=1S/C14H9NO2.C7H8O3S/c16-14-11-7-3-1-5-9(11)13(15-17)10-6-2-4-8-12(10)14;1-6-2-4-7(5-3-6)11(8,9)10/h1-8,16H;2-5H,1H3,(H,8,9,10). The van der Waals surface area contributed by atoms with Crippen LogP contribution in [0.3, 0.4) is 0 Å². The van der Waals surface area contributed by atoms with Crippen molar-refractivity contribution in [2.45, 2.75) is 11.8 Å². The van der Waals surface area contributed by atoms with Gasteiger partial charge in [-0.05, 0) is 24.2 Å². The number of aryl methyl sites for hydroxylation is 1. The van der Waals surface area contributed by atoms with Crippen LogP contribution in [0.2, 0.25) is 0 Å². The van der Waals surface area contributed by atoms with Gasteiger partial charge in [-0.3, -0.25) is 4.55 Å². The fourth-order valence-electron chi connectivity index (χ4n) is 2.89. The monoisotopic (exact) mass is 395 g/mol. The highest BCUT2D eigenvalue weighted by atomic mass is 32.2. The second-order valence-corrected chi connectivity index (χ2v) is 7.59. The Morgan fingerprint density at radius 1 is 0.750 bits per heavy atom. The van der Waals surface area contributed by atoms with E-state index in [-0.39, 0.29) is 10.6 Å². The van der Waals surface area contributed by atoms with Crippen molar-refractivity contribution in [1.82, 2.24) is 0 Å². The second-order valence-electron chi connectivity index (χ2n) is 6.17. The summed E-state index contributed by atoms with van der Waals surface area (Å²) in [5.41, 5.74) is 1.34. The van der Waals surface area contributed by atoms with Gasteiger partial charge in [-0.1, -0.05) is 66.2 Å². The molecule has 0 saturated carbocycles. The molecule has 4 aromatic carbocycles. The molecular weight excluding hydrogens is 378 g/mol. The Morgan fingerprint density at radius 2 is 1.18 bits per heavy atom. The molecule has 0 aliphatic heterocycles. The summed E-state index contributed by atoms with van der Waals surface area (Å²) in [7, 11) is -4.02. The van der Waals surface area contributed by atoms with E-state index in [1.807, 2.05) is 31.2 Å². The third kappa shape index (κ3) is 3.85. The highest BCUT2D eigenvalue weighted by molar-refractivity contribution is 7.85. The van der Waals surface area contributed by atoms with E-state index in [1.54, 1.807) is 36.4 Å². The predicted molar refractivity (Wildman–Crippen MR) is 110 cm³/mol. The number of nitroso groups, excluding NO2 is 1. The molecule has 0 heterocycles. The third-order valence-corrected chi connectivity index (χ3v) is 5.15. The van der Waals surface area contributed by atoms with Gasteiger partial charge in [0.1, 0.15) is 11.4 Å². The number of benzene rings is 4. The Balaban J connectivity index is 0.000000178. The highest BCUT2D eigenvalue weighted by Crippen LogP contribution is 2.41. The Morgan fingerprint density at radius 3 is 1.57 bits per heavy atom. The second kappa shape index (κ2) is 7.75. The van der Waals surface area contributed by atoms with E-state index in [1.165, 1.54) is 12.1 Å². The van der Waals surface area contributed by atoms with E-state index >= 15 is 0 Å². The molecule has 7 heteroatoms. The van der Waals surface area contributed by atoms with Crippen molar-refractivity contribution in [2.24, 2.45) is 5.18 Å². The minimum atomic E-state index is -4.02. The first-order chi connectivity index (χ1) is 13.3. The smallest absolute Gasteiger partial charge is 0.294 e. The van der Waals surface area contributed by atoms with Gasteiger partial charge in [-0.25, -0.2) is 0 Å². The van der Waals surface area contributed by atoms with Crippen LogP contribution < -0.4 is 0 Å². The van der Waals surface area contributed by atoms with Crippen molar-refractivity contribution in [3.63, 3.8) is 0 Å². The lowest BCUT2D eigenvalue weighted by atomic mass is 10.00. The molecule has 0 spiro atoms. The molecule has 0 amide bonds. The first-order valence-corrected chi connectivity index (χ1v) is 9.77. The molecule has 0 unspecified atom stereocenters. The summed E-state index contributed by atoms with van der Waals surface area (Å²) in [6.45, 7) is 1.84. The van der Waals surface area contributed by atoms with Crippen LogP contribution in [0.4, 0.5) is 5.69 Å². The minimum Gasteiger partial charge on any atom is -0.507 e. The van der Waals surface area contributed by atoms with Crippen molar-refractivity contribution in [1.29, 1.82) is 0 Å². The van der Waals surface area contributed by atoms with E-state index in [0.29, 0.717) is 27.2 Å². The maximum atomic E-state index is 11.0. The maximum Gasteiger partial charge on any atom is 0.294 e. The first kappa shape index (κ1) is 19.5. The number of phenols is 1. The van der Waals surface area contributed by atoms with Crippen molar-refractivity contribution >= 4 is 37.4 Å². The average Bonchev–Trinajstić information content (AvgIpc) is 2.69. The van der Waals surface area contributed by atoms with Crippen LogP contribution in [0.1, 0.15) is 5.56 Å². The molecule has 0 bridgehead atoms. The topological polar surface area (TPSA) is 104 Å². The van der Waals surface area contributed by atoms with Gasteiger partial charge in [0.05, 0.1) is 4.90 Å². The summed E-state index contributed by atoms with van der Waals surface area (Å²) in [4.78, 5) is 10.9. The summed E-state index contributed by atoms with van der Waals surface area (Å²) in [5.74, 6) is 0.198. The van der Waals surface area contributed by atoms with Gasteiger partial charge in [-0.15, -0.1) is 4.91 Å². The predicted octanol–water partition coefficient (Wildman–Crippen LogP) is 5.34. The summed E-state index contributed by atoms with van der Waals surface area (Å²) < 4.78 is 29.6. The third-order valence-electron chi connectivity index (χ3n) is 4.28. The lowest BCUT2D eigenvalue weighted by Crippen LogP contribution is -1.96. The van der Waals surface area contributed by atoms with Crippen molar-refractivity contribution in [3.05, 3.63) is 83.3 Å². The zero-order chi connectivity index (χ0) is 20.3. The molecule has 0 fully saturated rings. The fraction of sp³-hybridized carbons (Fsp3) is 0.0476. The molecule has 0 aliphatic carbocycles. The van der Waals surface area contributed by atoms with E-state index in [4.69, 9.17) is 4.55 Å². The molecular formula is C21H17NO5S. The lowest BCUT2D eigenvalue weighted by Gasteiger charge is -2.08. The van der Waals surface area contributed by atoms with Crippen LogP contribution in [-0.4, -0.2) is 18.1 Å². The summed E-state index contributed by atoms with van der Waals surface area (Å²) >= 11 is 0. The Hall–Kier alpha value is -3.29. The quantitative estimate of drug-likeness (QED) is 0.271. The number of hydrogen-bond acceptors (Lipinski definition) is 5. The molecule has 0 radical (unpaired) electrons. The fourth-order valence-corrected chi connectivity index (χ4v) is 3.37.